The van der Waals surface area contributed by atoms with Crippen LogP contribution in [0.2, 0.25) is 0 Å². The fourth-order valence-electron chi connectivity index (χ4n) is 2.55. The third kappa shape index (κ3) is 5.15. The lowest BCUT2D eigenvalue weighted by Crippen LogP contribution is -2.46. The van der Waals surface area contributed by atoms with Gasteiger partial charge in [-0.25, -0.2) is 9.59 Å². The Kier molecular flexibility index (Phi) is 6.63. The van der Waals surface area contributed by atoms with Crippen LogP contribution in [0.5, 0.6) is 0 Å². The van der Waals surface area contributed by atoms with Crippen molar-refractivity contribution in [3.63, 3.8) is 0 Å². The molecule has 24 heavy (non-hydrogen) atoms. The van der Waals surface area contributed by atoms with Crippen molar-refractivity contribution in [2.45, 2.75) is 52.6 Å². The zero-order valence-corrected chi connectivity index (χ0v) is 15.4. The zero-order chi connectivity index (χ0) is 18.4. The lowest BCUT2D eigenvalue weighted by Gasteiger charge is -2.35. The minimum Gasteiger partial charge on any atom is -0.450 e. The highest BCUT2D eigenvalue weighted by atomic mass is 16.6. The summed E-state index contributed by atoms with van der Waals surface area (Å²) in [6, 6.07) is 7.65. The van der Waals surface area contributed by atoms with Crippen LogP contribution in [0.4, 0.5) is 9.59 Å². The van der Waals surface area contributed by atoms with Gasteiger partial charge in [-0.2, -0.15) is 0 Å². The lowest BCUT2D eigenvalue weighted by atomic mass is 9.82. The van der Waals surface area contributed by atoms with Crippen molar-refractivity contribution in [3.05, 3.63) is 35.4 Å². The molecule has 2 N–H and O–H groups in total. The summed E-state index contributed by atoms with van der Waals surface area (Å²) in [6.45, 7) is 11.7. The number of benzene rings is 1. The van der Waals surface area contributed by atoms with E-state index in [0.717, 1.165) is 11.1 Å². The van der Waals surface area contributed by atoms with Gasteiger partial charge in [0.1, 0.15) is 0 Å². The smallest absolute Gasteiger partial charge is 0.407 e. The van der Waals surface area contributed by atoms with Crippen molar-refractivity contribution in [3.8, 4) is 0 Å². The van der Waals surface area contributed by atoms with Crippen LogP contribution in [-0.2, 0) is 20.6 Å². The van der Waals surface area contributed by atoms with Crippen molar-refractivity contribution in [2.24, 2.45) is 0 Å². The Bertz CT molecular complexity index is 531. The van der Waals surface area contributed by atoms with Gasteiger partial charge in [0, 0.05) is 0 Å². The monoisotopic (exact) mass is 336 g/mol. The molecular weight excluding hydrogens is 308 g/mol. The van der Waals surface area contributed by atoms with Crippen molar-refractivity contribution in [1.82, 2.24) is 10.6 Å². The van der Waals surface area contributed by atoms with Gasteiger partial charge in [-0.3, -0.25) is 0 Å². The van der Waals surface area contributed by atoms with E-state index in [4.69, 9.17) is 9.47 Å². The van der Waals surface area contributed by atoms with Crippen LogP contribution < -0.4 is 10.6 Å². The molecule has 0 radical (unpaired) electrons. The molecule has 1 aromatic rings. The predicted octanol–water partition coefficient (Wildman–Crippen LogP) is 3.65. The number of ether oxygens (including phenoxy) is 2. The number of nitrogens with one attached hydrogen (secondary N) is 2. The molecule has 0 fully saturated rings. The molecule has 0 unspecified atom stereocenters. The molecule has 0 spiro atoms. The Labute approximate surface area is 143 Å². The molecule has 0 aliphatic heterocycles. The molecule has 0 saturated carbocycles. The second-order valence-corrected chi connectivity index (χ2v) is 6.49. The Balaban J connectivity index is 3.14. The van der Waals surface area contributed by atoms with E-state index < -0.39 is 23.3 Å². The van der Waals surface area contributed by atoms with Crippen LogP contribution in [0.25, 0.3) is 0 Å². The number of hydrogen-bond donors (Lipinski definition) is 2. The average Bonchev–Trinajstić information content (AvgIpc) is 2.46. The van der Waals surface area contributed by atoms with Crippen LogP contribution in [0.15, 0.2) is 24.3 Å². The van der Waals surface area contributed by atoms with E-state index in [1.54, 1.807) is 13.8 Å². The van der Waals surface area contributed by atoms with Crippen molar-refractivity contribution >= 4 is 12.2 Å². The summed E-state index contributed by atoms with van der Waals surface area (Å²) in [5.74, 6) is 0. The quantitative estimate of drug-likeness (QED) is 0.831. The largest absolute Gasteiger partial charge is 0.450 e. The molecule has 0 aromatic heterocycles. The van der Waals surface area contributed by atoms with E-state index in [2.05, 4.69) is 10.6 Å². The fourth-order valence-corrected chi connectivity index (χ4v) is 2.55. The number of carbonyl (C=O) groups is 2. The highest BCUT2D eigenvalue weighted by Gasteiger charge is 2.33. The molecule has 0 saturated heterocycles. The van der Waals surface area contributed by atoms with Crippen molar-refractivity contribution in [2.75, 3.05) is 13.2 Å². The molecule has 6 heteroatoms. The number of hydrogen-bond acceptors (Lipinski definition) is 4. The van der Waals surface area contributed by atoms with E-state index in [0.29, 0.717) is 13.2 Å². The topological polar surface area (TPSA) is 76.7 Å². The Morgan fingerprint density at radius 2 is 1.17 bits per heavy atom. The van der Waals surface area contributed by atoms with Gasteiger partial charge >= 0.3 is 12.2 Å². The number of amides is 2. The molecule has 6 nitrogen and oxygen atoms in total. The first kappa shape index (κ1) is 19.8. The van der Waals surface area contributed by atoms with Gasteiger partial charge < -0.3 is 20.1 Å². The van der Waals surface area contributed by atoms with Crippen molar-refractivity contribution in [1.29, 1.82) is 0 Å². The predicted molar refractivity (Wildman–Crippen MR) is 92.8 cm³/mol. The van der Waals surface area contributed by atoms with Crippen LogP contribution in [0, 0.1) is 0 Å². The summed E-state index contributed by atoms with van der Waals surface area (Å²) in [5, 5.41) is 5.72. The van der Waals surface area contributed by atoms with Gasteiger partial charge in [0.15, 0.2) is 0 Å². The van der Waals surface area contributed by atoms with Gasteiger partial charge in [-0.15, -0.1) is 0 Å². The van der Waals surface area contributed by atoms with E-state index in [1.165, 1.54) is 0 Å². The number of rotatable bonds is 6. The van der Waals surface area contributed by atoms with Gasteiger partial charge in [-0.1, -0.05) is 24.3 Å². The maximum absolute atomic E-state index is 11.8. The summed E-state index contributed by atoms with van der Waals surface area (Å²) >= 11 is 0. The minimum atomic E-state index is -0.670. The molecule has 1 aromatic carbocycles. The normalized spacial score (nSPS) is 11.6. The summed E-state index contributed by atoms with van der Waals surface area (Å²) in [4.78, 5) is 23.7. The summed E-state index contributed by atoms with van der Waals surface area (Å²) in [6.07, 6.45) is -0.957. The Morgan fingerprint density at radius 3 is 1.46 bits per heavy atom. The molecular formula is C18H28N2O4. The zero-order valence-electron chi connectivity index (χ0n) is 15.4. The van der Waals surface area contributed by atoms with Gasteiger partial charge in [0.25, 0.3) is 0 Å². The lowest BCUT2D eigenvalue weighted by molar-refractivity contribution is 0.137. The van der Waals surface area contributed by atoms with Crippen LogP contribution in [0.1, 0.15) is 52.7 Å². The third-order valence-corrected chi connectivity index (χ3v) is 3.65. The number of carbonyl (C=O) groups excluding carboxylic acids is 2. The molecule has 0 aliphatic rings. The number of alkyl carbamates (subject to hydrolysis) is 2. The highest BCUT2D eigenvalue weighted by Crippen LogP contribution is 2.31. The fraction of sp³-hybridized carbons (Fsp3) is 0.556. The second kappa shape index (κ2) is 8.04. The standard InChI is InChI=1S/C18H28N2O4/c1-7-23-15(21)19-17(3,4)13-11-9-10-12-14(13)18(5,6)20-16(22)24-8-2/h9-12H,7-8H2,1-6H3,(H,19,21)(H,20,22). The molecule has 0 heterocycles. The molecule has 0 aliphatic carbocycles. The third-order valence-electron chi connectivity index (χ3n) is 3.65. The van der Waals surface area contributed by atoms with E-state index in [-0.39, 0.29) is 0 Å². The maximum Gasteiger partial charge on any atom is 0.407 e. The minimum absolute atomic E-state index is 0.305. The average molecular weight is 336 g/mol. The summed E-state index contributed by atoms with van der Waals surface area (Å²) in [7, 11) is 0. The Hall–Kier alpha value is -2.24. The first-order valence-corrected chi connectivity index (χ1v) is 8.14. The first-order chi connectivity index (χ1) is 11.1. The Morgan fingerprint density at radius 1 is 0.833 bits per heavy atom. The van der Waals surface area contributed by atoms with Crippen LogP contribution in [-0.4, -0.2) is 25.4 Å². The maximum atomic E-state index is 11.8. The second-order valence-electron chi connectivity index (χ2n) is 6.49. The van der Waals surface area contributed by atoms with E-state index >= 15 is 0 Å². The van der Waals surface area contributed by atoms with Crippen LogP contribution in [0.3, 0.4) is 0 Å². The van der Waals surface area contributed by atoms with Gasteiger partial charge in [0.05, 0.1) is 24.3 Å². The summed E-state index contributed by atoms with van der Waals surface area (Å²) < 4.78 is 9.96. The molecule has 1 rings (SSSR count). The van der Waals surface area contributed by atoms with Crippen molar-refractivity contribution < 1.29 is 19.1 Å². The highest BCUT2D eigenvalue weighted by molar-refractivity contribution is 5.70. The molecule has 2 amide bonds. The van der Waals surface area contributed by atoms with Crippen LogP contribution >= 0.6 is 0 Å². The molecule has 0 atom stereocenters. The summed E-state index contributed by atoms with van der Waals surface area (Å²) in [5.41, 5.74) is 0.437. The molecule has 134 valence electrons. The molecule has 0 bridgehead atoms. The van der Waals surface area contributed by atoms with Gasteiger partial charge in [-0.05, 0) is 52.7 Å². The van der Waals surface area contributed by atoms with E-state index in [9.17, 15) is 9.59 Å². The first-order valence-electron chi connectivity index (χ1n) is 8.14. The van der Waals surface area contributed by atoms with Gasteiger partial charge in [0.2, 0.25) is 0 Å². The SMILES string of the molecule is CCOC(=O)NC(C)(C)c1ccccc1C(C)(C)NC(=O)OCC. The van der Waals surface area contributed by atoms with E-state index in [1.807, 2.05) is 52.0 Å².